The lowest BCUT2D eigenvalue weighted by atomic mass is 9.59. The normalized spacial score (nSPS) is 43.9. The summed E-state index contributed by atoms with van der Waals surface area (Å²) in [4.78, 5) is 0. The maximum Gasteiger partial charge on any atom is 0.0571 e. The van der Waals surface area contributed by atoms with Crippen LogP contribution in [0.1, 0.15) is 32.6 Å². The predicted molar refractivity (Wildman–Crippen MR) is 58.3 cm³/mol. The number of methoxy groups -OCH3 is 1. The minimum Gasteiger partial charge on any atom is -0.381 e. The fourth-order valence-corrected chi connectivity index (χ4v) is 3.38. The summed E-state index contributed by atoms with van der Waals surface area (Å²) in [6.07, 6.45) is 6.04. The van der Waals surface area contributed by atoms with Gasteiger partial charge < -0.3 is 10.1 Å². The zero-order chi connectivity index (χ0) is 10.1. The largest absolute Gasteiger partial charge is 0.381 e. The second-order valence-electron chi connectivity index (χ2n) is 5.07. The molecule has 2 aliphatic rings. The van der Waals surface area contributed by atoms with Crippen molar-refractivity contribution in [1.82, 2.24) is 5.32 Å². The number of hydrogen-bond acceptors (Lipinski definition) is 2. The highest BCUT2D eigenvalue weighted by atomic mass is 16.5. The lowest BCUT2D eigenvalue weighted by Gasteiger charge is -2.50. The van der Waals surface area contributed by atoms with Crippen molar-refractivity contribution in [3.63, 3.8) is 0 Å². The van der Waals surface area contributed by atoms with E-state index in [1.54, 1.807) is 0 Å². The average Bonchev–Trinajstić information content (AvgIpc) is 2.19. The minimum atomic E-state index is 0.463. The highest BCUT2D eigenvalue weighted by molar-refractivity contribution is 4.98. The summed E-state index contributed by atoms with van der Waals surface area (Å²) < 4.78 is 5.43. The van der Waals surface area contributed by atoms with Crippen LogP contribution in [0.4, 0.5) is 0 Å². The second-order valence-corrected chi connectivity index (χ2v) is 5.07. The molecule has 0 heterocycles. The van der Waals surface area contributed by atoms with Crippen LogP contribution in [0.2, 0.25) is 0 Å². The molecule has 0 radical (unpaired) electrons. The first-order valence-electron chi connectivity index (χ1n) is 5.96. The van der Waals surface area contributed by atoms with Gasteiger partial charge in [0, 0.05) is 13.2 Å². The van der Waals surface area contributed by atoms with Crippen molar-refractivity contribution in [3.8, 4) is 0 Å². The van der Waals surface area contributed by atoms with Crippen LogP contribution in [0, 0.1) is 17.8 Å². The topological polar surface area (TPSA) is 21.3 Å². The van der Waals surface area contributed by atoms with E-state index in [0.717, 1.165) is 23.8 Å². The zero-order valence-corrected chi connectivity index (χ0v) is 9.62. The summed E-state index contributed by atoms with van der Waals surface area (Å²) in [5.41, 5.74) is 0. The first-order valence-corrected chi connectivity index (χ1v) is 5.96. The smallest absolute Gasteiger partial charge is 0.0571 e. The third kappa shape index (κ3) is 1.70. The number of fused-ring (bicyclic) bond motifs is 1. The summed E-state index contributed by atoms with van der Waals surface area (Å²) in [5, 5.41) is 3.43. The third-order valence-electron chi connectivity index (χ3n) is 4.56. The molecule has 2 fully saturated rings. The number of nitrogens with one attached hydrogen (secondary N) is 1. The first-order chi connectivity index (χ1) is 6.76. The molecular formula is C12H23NO. The van der Waals surface area contributed by atoms with Crippen LogP contribution in [-0.4, -0.2) is 26.3 Å². The summed E-state index contributed by atoms with van der Waals surface area (Å²) in [6.45, 7) is 2.22. The summed E-state index contributed by atoms with van der Waals surface area (Å²) >= 11 is 0. The van der Waals surface area contributed by atoms with E-state index in [9.17, 15) is 0 Å². The van der Waals surface area contributed by atoms with Crippen LogP contribution in [0.15, 0.2) is 0 Å². The SMILES string of the molecule is CNC1CC2CC(C(C)OC)CC[C@@H]21. The van der Waals surface area contributed by atoms with Crippen molar-refractivity contribution < 1.29 is 4.74 Å². The molecule has 0 bridgehead atoms. The van der Waals surface area contributed by atoms with Crippen LogP contribution < -0.4 is 5.32 Å². The van der Waals surface area contributed by atoms with E-state index in [0.29, 0.717) is 6.10 Å². The Morgan fingerprint density at radius 2 is 2.07 bits per heavy atom. The monoisotopic (exact) mass is 197 g/mol. The van der Waals surface area contributed by atoms with E-state index < -0.39 is 0 Å². The molecule has 82 valence electrons. The number of hydrogen-bond donors (Lipinski definition) is 1. The lowest BCUT2D eigenvalue weighted by molar-refractivity contribution is -0.0192. The van der Waals surface area contributed by atoms with Crippen molar-refractivity contribution in [2.75, 3.05) is 14.2 Å². The Hall–Kier alpha value is -0.0800. The van der Waals surface area contributed by atoms with E-state index in [1.165, 1.54) is 25.7 Å². The van der Waals surface area contributed by atoms with Gasteiger partial charge in [-0.1, -0.05) is 0 Å². The molecule has 0 saturated heterocycles. The molecule has 0 aromatic heterocycles. The lowest BCUT2D eigenvalue weighted by Crippen LogP contribution is -2.52. The third-order valence-corrected chi connectivity index (χ3v) is 4.56. The molecule has 0 aromatic rings. The highest BCUT2D eigenvalue weighted by Gasteiger charge is 2.44. The molecule has 2 nitrogen and oxygen atoms in total. The quantitative estimate of drug-likeness (QED) is 0.747. The fraction of sp³-hybridized carbons (Fsp3) is 1.00. The molecule has 14 heavy (non-hydrogen) atoms. The van der Waals surface area contributed by atoms with Gasteiger partial charge in [-0.15, -0.1) is 0 Å². The van der Waals surface area contributed by atoms with Gasteiger partial charge in [-0.2, -0.15) is 0 Å². The van der Waals surface area contributed by atoms with Crippen molar-refractivity contribution in [3.05, 3.63) is 0 Å². The van der Waals surface area contributed by atoms with Crippen LogP contribution in [0.5, 0.6) is 0 Å². The van der Waals surface area contributed by atoms with Crippen molar-refractivity contribution >= 4 is 0 Å². The van der Waals surface area contributed by atoms with E-state index in [2.05, 4.69) is 19.3 Å². The van der Waals surface area contributed by atoms with E-state index in [-0.39, 0.29) is 0 Å². The van der Waals surface area contributed by atoms with E-state index in [4.69, 9.17) is 4.74 Å². The average molecular weight is 197 g/mol. The van der Waals surface area contributed by atoms with E-state index >= 15 is 0 Å². The van der Waals surface area contributed by atoms with E-state index in [1.807, 2.05) is 7.11 Å². The Balaban J connectivity index is 1.84. The predicted octanol–water partition coefficient (Wildman–Crippen LogP) is 2.05. The highest BCUT2D eigenvalue weighted by Crippen LogP contribution is 2.47. The Bertz CT molecular complexity index is 195. The van der Waals surface area contributed by atoms with Crippen molar-refractivity contribution in [2.24, 2.45) is 17.8 Å². The molecule has 0 spiro atoms. The fourth-order valence-electron chi connectivity index (χ4n) is 3.38. The molecule has 2 saturated carbocycles. The molecule has 0 amide bonds. The van der Waals surface area contributed by atoms with Gasteiger partial charge in [0.1, 0.15) is 0 Å². The summed E-state index contributed by atoms with van der Waals surface area (Å²) in [5.74, 6) is 2.78. The molecule has 4 unspecified atom stereocenters. The molecule has 2 aliphatic carbocycles. The molecule has 2 heteroatoms. The van der Waals surface area contributed by atoms with Crippen LogP contribution in [0.25, 0.3) is 0 Å². The van der Waals surface area contributed by atoms with Gasteiger partial charge in [0.05, 0.1) is 6.10 Å². The number of rotatable bonds is 3. The standard InChI is InChI=1S/C12H23NO/c1-8(14-3)9-4-5-11-10(6-9)7-12(11)13-2/h8-13H,4-7H2,1-3H3/t8?,9?,10?,11-,12?/m0/s1. The van der Waals surface area contributed by atoms with Gasteiger partial charge in [-0.25, -0.2) is 0 Å². The Labute approximate surface area is 87.4 Å². The van der Waals surface area contributed by atoms with Gasteiger partial charge in [-0.3, -0.25) is 0 Å². The van der Waals surface area contributed by atoms with Gasteiger partial charge in [-0.05, 0) is 57.4 Å². The van der Waals surface area contributed by atoms with Gasteiger partial charge in [0.15, 0.2) is 0 Å². The molecule has 0 aliphatic heterocycles. The second kappa shape index (κ2) is 4.19. The Kier molecular flexibility index (Phi) is 3.13. The van der Waals surface area contributed by atoms with Gasteiger partial charge >= 0.3 is 0 Å². The summed E-state index contributed by atoms with van der Waals surface area (Å²) in [7, 11) is 3.94. The van der Waals surface area contributed by atoms with Gasteiger partial charge in [0.2, 0.25) is 0 Å². The number of ether oxygens (including phenoxy) is 1. The van der Waals surface area contributed by atoms with Crippen LogP contribution in [-0.2, 0) is 4.74 Å². The molecule has 0 aromatic carbocycles. The van der Waals surface area contributed by atoms with Crippen molar-refractivity contribution in [2.45, 2.75) is 44.8 Å². The maximum absolute atomic E-state index is 5.43. The molecular weight excluding hydrogens is 174 g/mol. The molecule has 1 N–H and O–H groups in total. The van der Waals surface area contributed by atoms with Crippen LogP contribution >= 0.6 is 0 Å². The maximum atomic E-state index is 5.43. The molecule has 5 atom stereocenters. The Morgan fingerprint density at radius 1 is 1.29 bits per heavy atom. The van der Waals surface area contributed by atoms with Crippen LogP contribution in [0.3, 0.4) is 0 Å². The minimum absolute atomic E-state index is 0.463. The Morgan fingerprint density at radius 3 is 2.64 bits per heavy atom. The summed E-state index contributed by atoms with van der Waals surface area (Å²) in [6, 6.07) is 0.818. The van der Waals surface area contributed by atoms with Gasteiger partial charge in [0.25, 0.3) is 0 Å². The molecule has 2 rings (SSSR count). The van der Waals surface area contributed by atoms with Crippen molar-refractivity contribution in [1.29, 1.82) is 0 Å². The first kappa shape index (κ1) is 10.4. The zero-order valence-electron chi connectivity index (χ0n) is 9.62.